The first kappa shape index (κ1) is 22.3. The number of carboxylic acid groups (broad SMARTS) is 1. The number of carboxylic acids is 1. The monoisotopic (exact) mass is 486 g/mol. The minimum atomic E-state index is -1.23. The van der Waals surface area contributed by atoms with Gasteiger partial charge in [-0.25, -0.2) is 14.6 Å². The van der Waals surface area contributed by atoms with Crippen LogP contribution >= 0.6 is 11.3 Å². The summed E-state index contributed by atoms with van der Waals surface area (Å²) in [6.07, 6.45) is 0.353. The summed E-state index contributed by atoms with van der Waals surface area (Å²) >= 11 is 1.20. The van der Waals surface area contributed by atoms with Crippen LogP contribution in [-0.4, -0.2) is 39.8 Å². The van der Waals surface area contributed by atoms with Crippen molar-refractivity contribution in [2.45, 2.75) is 18.4 Å². The van der Waals surface area contributed by atoms with Gasteiger partial charge in [0.1, 0.15) is 30.7 Å². The van der Waals surface area contributed by atoms with Crippen molar-refractivity contribution in [1.82, 2.24) is 15.3 Å². The number of hydrogen-bond acceptors (Lipinski definition) is 8. The lowest BCUT2D eigenvalue weighted by molar-refractivity contribution is -0.139. The predicted molar refractivity (Wildman–Crippen MR) is 126 cm³/mol. The van der Waals surface area contributed by atoms with E-state index in [1.807, 2.05) is 54.6 Å². The highest BCUT2D eigenvalue weighted by Crippen LogP contribution is 2.44. The third-order valence-electron chi connectivity index (χ3n) is 5.70. The van der Waals surface area contributed by atoms with Crippen molar-refractivity contribution in [2.75, 3.05) is 6.61 Å². The number of aromatic nitrogens is 2. The average molecular weight is 487 g/mol. The number of carbonyl (C=O) groups excluding carboxylic acids is 1. The van der Waals surface area contributed by atoms with Gasteiger partial charge in [0.05, 0.1) is 5.01 Å². The smallest absolute Gasteiger partial charge is 0.407 e. The molecular weight excluding hydrogens is 468 g/mol. The van der Waals surface area contributed by atoms with Crippen molar-refractivity contribution in [3.8, 4) is 28.8 Å². The number of nitrogens with one attached hydrogen (secondary N) is 1. The molecule has 0 aliphatic heterocycles. The van der Waals surface area contributed by atoms with Gasteiger partial charge in [-0.2, -0.15) is 10.2 Å². The van der Waals surface area contributed by atoms with Crippen LogP contribution in [0.25, 0.3) is 22.7 Å². The van der Waals surface area contributed by atoms with Gasteiger partial charge in [-0.15, -0.1) is 11.3 Å². The first-order valence-corrected chi connectivity index (χ1v) is 11.6. The molecule has 0 radical (unpaired) electrons. The van der Waals surface area contributed by atoms with Crippen LogP contribution in [0.4, 0.5) is 4.79 Å². The average Bonchev–Trinajstić information content (AvgIpc) is 3.60. The number of carbonyl (C=O) groups is 2. The van der Waals surface area contributed by atoms with Gasteiger partial charge in [-0.1, -0.05) is 48.5 Å². The zero-order valence-electron chi connectivity index (χ0n) is 18.2. The van der Waals surface area contributed by atoms with Gasteiger partial charge in [-0.3, -0.25) is 0 Å². The molecule has 2 aromatic heterocycles. The molecule has 2 aromatic carbocycles. The van der Waals surface area contributed by atoms with Crippen molar-refractivity contribution >= 4 is 23.4 Å². The molecule has 35 heavy (non-hydrogen) atoms. The van der Waals surface area contributed by atoms with Gasteiger partial charge in [-0.05, 0) is 22.3 Å². The number of amides is 1. The Balaban J connectivity index is 1.23. The van der Waals surface area contributed by atoms with E-state index in [0.29, 0.717) is 10.7 Å². The lowest BCUT2D eigenvalue weighted by Crippen LogP contribution is -2.42. The van der Waals surface area contributed by atoms with Crippen LogP contribution in [-0.2, 0) is 16.0 Å². The van der Waals surface area contributed by atoms with Gasteiger partial charge in [0.2, 0.25) is 5.89 Å². The van der Waals surface area contributed by atoms with E-state index in [9.17, 15) is 14.7 Å². The fourth-order valence-corrected chi connectivity index (χ4v) is 4.92. The van der Waals surface area contributed by atoms with E-state index < -0.39 is 18.1 Å². The molecule has 4 aromatic rings. The summed E-state index contributed by atoms with van der Waals surface area (Å²) in [7, 11) is 0. The second-order valence-electron chi connectivity index (χ2n) is 7.84. The molecule has 1 atom stereocenters. The lowest BCUT2D eigenvalue weighted by atomic mass is 9.98. The van der Waals surface area contributed by atoms with Crippen LogP contribution in [0, 0.1) is 11.3 Å². The van der Waals surface area contributed by atoms with Crippen LogP contribution < -0.4 is 5.32 Å². The molecule has 0 saturated heterocycles. The number of benzene rings is 2. The standard InChI is InChI=1S/C25H18N4O5S/c26-10-14-11-33-23(27-14)21-13-35-22(28-21)9-20(24(30)31)29-25(32)34-12-19-17-7-3-1-5-15(17)16-6-2-4-8-18(16)19/h1-8,11,13,19-20H,9,12H2,(H,29,32)(H,30,31)/t20-/m0/s1. The summed E-state index contributed by atoms with van der Waals surface area (Å²) in [5.41, 5.74) is 4.85. The number of ether oxygens (including phenoxy) is 1. The number of thiazole rings is 1. The van der Waals surface area contributed by atoms with Crippen LogP contribution in [0.3, 0.4) is 0 Å². The molecule has 1 aliphatic carbocycles. The summed E-state index contributed by atoms with van der Waals surface area (Å²) in [6.45, 7) is 0.0823. The van der Waals surface area contributed by atoms with Crippen LogP contribution in [0.15, 0.2) is 64.6 Å². The van der Waals surface area contributed by atoms with E-state index >= 15 is 0 Å². The molecule has 0 unspecified atom stereocenters. The number of fused-ring (bicyclic) bond motifs is 3. The van der Waals surface area contributed by atoms with E-state index in [4.69, 9.17) is 14.4 Å². The highest BCUT2D eigenvalue weighted by molar-refractivity contribution is 7.09. The van der Waals surface area contributed by atoms with Crippen molar-refractivity contribution in [3.05, 3.63) is 82.0 Å². The molecular formula is C25H18N4O5S. The van der Waals surface area contributed by atoms with Gasteiger partial charge in [0.15, 0.2) is 5.69 Å². The molecule has 1 amide bonds. The van der Waals surface area contributed by atoms with Crippen LogP contribution in [0.2, 0.25) is 0 Å². The fraction of sp³-hybridized carbons (Fsp3) is 0.160. The van der Waals surface area contributed by atoms with Gasteiger partial charge >= 0.3 is 12.1 Å². The highest BCUT2D eigenvalue weighted by Gasteiger charge is 2.30. The predicted octanol–water partition coefficient (Wildman–Crippen LogP) is 4.20. The van der Waals surface area contributed by atoms with Crippen LogP contribution in [0.5, 0.6) is 0 Å². The molecule has 0 saturated carbocycles. The van der Waals surface area contributed by atoms with E-state index in [2.05, 4.69) is 15.3 Å². The third kappa shape index (κ3) is 4.49. The Hall–Kier alpha value is -4.49. The summed E-state index contributed by atoms with van der Waals surface area (Å²) in [5, 5.41) is 23.0. The number of hydrogen-bond donors (Lipinski definition) is 2. The summed E-state index contributed by atoms with van der Waals surface area (Å²) < 4.78 is 10.7. The lowest BCUT2D eigenvalue weighted by Gasteiger charge is -2.17. The van der Waals surface area contributed by atoms with E-state index in [1.54, 1.807) is 5.38 Å². The first-order valence-electron chi connectivity index (χ1n) is 10.7. The largest absolute Gasteiger partial charge is 0.480 e. The molecule has 2 N–H and O–H groups in total. The maximum atomic E-state index is 12.5. The Morgan fingerprint density at radius 2 is 1.83 bits per heavy atom. The van der Waals surface area contributed by atoms with Crippen molar-refractivity contribution in [3.63, 3.8) is 0 Å². The number of nitrogens with zero attached hydrogens (tertiary/aromatic N) is 3. The van der Waals surface area contributed by atoms with Crippen molar-refractivity contribution < 1.29 is 23.8 Å². The Labute approximate surface area is 203 Å². The minimum Gasteiger partial charge on any atom is -0.480 e. The minimum absolute atomic E-state index is 0.0456. The Morgan fingerprint density at radius 1 is 1.14 bits per heavy atom. The second-order valence-corrected chi connectivity index (χ2v) is 8.78. The summed E-state index contributed by atoms with van der Waals surface area (Å²) in [4.78, 5) is 32.6. The fourth-order valence-electron chi connectivity index (χ4n) is 4.10. The van der Waals surface area contributed by atoms with E-state index in [1.165, 1.54) is 17.6 Å². The normalized spacial score (nSPS) is 12.9. The zero-order valence-corrected chi connectivity index (χ0v) is 19.0. The van der Waals surface area contributed by atoms with Gasteiger partial charge in [0.25, 0.3) is 0 Å². The maximum absolute atomic E-state index is 12.5. The van der Waals surface area contributed by atoms with E-state index in [0.717, 1.165) is 22.3 Å². The van der Waals surface area contributed by atoms with E-state index in [-0.39, 0.29) is 30.5 Å². The number of aliphatic carboxylic acids is 1. The molecule has 1 aliphatic rings. The summed E-state index contributed by atoms with van der Waals surface area (Å²) in [6, 6.07) is 16.6. The molecule has 0 fully saturated rings. The number of alkyl carbamates (subject to hydrolysis) is 1. The molecule has 5 rings (SSSR count). The topological polar surface area (TPSA) is 138 Å². The number of nitriles is 1. The third-order valence-corrected chi connectivity index (χ3v) is 6.57. The van der Waals surface area contributed by atoms with Crippen molar-refractivity contribution in [1.29, 1.82) is 5.26 Å². The molecule has 2 heterocycles. The molecule has 174 valence electrons. The SMILES string of the molecule is N#Cc1coc(-c2csc(C[C@H](NC(=O)OCC3c4ccccc4-c4ccccc43)C(=O)O)n2)n1. The molecule has 9 nitrogen and oxygen atoms in total. The first-order chi connectivity index (χ1) is 17.0. The Kier molecular flexibility index (Phi) is 5.99. The van der Waals surface area contributed by atoms with Gasteiger partial charge < -0.3 is 19.6 Å². The zero-order chi connectivity index (χ0) is 24.4. The maximum Gasteiger partial charge on any atom is 0.407 e. The quantitative estimate of drug-likeness (QED) is 0.396. The Bertz CT molecular complexity index is 1410. The van der Waals surface area contributed by atoms with Gasteiger partial charge in [0, 0.05) is 17.7 Å². The molecule has 0 spiro atoms. The number of oxazole rings is 1. The highest BCUT2D eigenvalue weighted by atomic mass is 32.1. The number of rotatable bonds is 7. The second kappa shape index (κ2) is 9.40. The molecule has 10 heteroatoms. The molecule has 0 bridgehead atoms. The summed E-state index contributed by atoms with van der Waals surface area (Å²) in [5.74, 6) is -1.17. The van der Waals surface area contributed by atoms with Crippen LogP contribution in [0.1, 0.15) is 27.7 Å². The Morgan fingerprint density at radius 3 is 2.46 bits per heavy atom. The van der Waals surface area contributed by atoms with Crippen molar-refractivity contribution in [2.24, 2.45) is 0 Å².